The number of aliphatic carboxylic acids is 1. The monoisotopic (exact) mass is 450 g/mol. The van der Waals surface area contributed by atoms with Gasteiger partial charge in [-0.25, -0.2) is 9.59 Å². The Morgan fingerprint density at radius 3 is 2.18 bits per heavy atom. The van der Waals surface area contributed by atoms with Gasteiger partial charge in [-0.1, -0.05) is 48.5 Å². The Labute approximate surface area is 189 Å². The smallest absolute Gasteiger partial charge is 0.355 e. The summed E-state index contributed by atoms with van der Waals surface area (Å²) in [5, 5.41) is 9.63. The molecular weight excluding hydrogens is 428 g/mol. The predicted molar refractivity (Wildman–Crippen MR) is 114 cm³/mol. The Morgan fingerprint density at radius 2 is 1.61 bits per heavy atom. The number of fused-ring (bicyclic) bond motifs is 1. The molecule has 1 N–H and O–H groups in total. The zero-order valence-corrected chi connectivity index (χ0v) is 18.0. The third kappa shape index (κ3) is 3.98. The average Bonchev–Trinajstić information content (AvgIpc) is 3.17. The third-order valence-corrected chi connectivity index (χ3v) is 5.42. The van der Waals surface area contributed by atoms with Gasteiger partial charge < -0.3 is 14.6 Å². The quantitative estimate of drug-likeness (QED) is 0.408. The van der Waals surface area contributed by atoms with Crippen molar-refractivity contribution in [1.82, 2.24) is 9.80 Å². The Kier molecular flexibility index (Phi) is 5.97. The SMILES string of the molecule is CC(C)=C(C(=O)OCc1ccccc1)N1C(=O)C2C1OC(C(=O)O)N2C(=O)c1ccccc1. The number of rotatable bonds is 6. The van der Waals surface area contributed by atoms with E-state index >= 15 is 0 Å². The summed E-state index contributed by atoms with van der Waals surface area (Å²) >= 11 is 0. The van der Waals surface area contributed by atoms with E-state index < -0.39 is 42.3 Å². The van der Waals surface area contributed by atoms with E-state index in [4.69, 9.17) is 9.47 Å². The van der Waals surface area contributed by atoms with Gasteiger partial charge in [-0.2, -0.15) is 0 Å². The van der Waals surface area contributed by atoms with Crippen molar-refractivity contribution in [2.24, 2.45) is 0 Å². The first-order valence-corrected chi connectivity index (χ1v) is 10.3. The number of ether oxygens (including phenoxy) is 2. The fourth-order valence-electron chi connectivity index (χ4n) is 3.90. The maximum Gasteiger partial charge on any atom is 0.355 e. The summed E-state index contributed by atoms with van der Waals surface area (Å²) in [4.78, 5) is 52.8. The van der Waals surface area contributed by atoms with Crippen LogP contribution in [0.5, 0.6) is 0 Å². The first-order valence-electron chi connectivity index (χ1n) is 10.3. The van der Waals surface area contributed by atoms with E-state index in [2.05, 4.69) is 0 Å². The number of hydrogen-bond acceptors (Lipinski definition) is 6. The molecule has 2 aromatic rings. The van der Waals surface area contributed by atoms with Crippen LogP contribution in [-0.2, 0) is 30.5 Å². The topological polar surface area (TPSA) is 113 Å². The Morgan fingerprint density at radius 1 is 1.00 bits per heavy atom. The summed E-state index contributed by atoms with van der Waals surface area (Å²) < 4.78 is 11.0. The molecule has 2 amide bonds. The van der Waals surface area contributed by atoms with Gasteiger partial charge in [0.15, 0.2) is 12.3 Å². The molecule has 2 aliphatic rings. The molecule has 0 aliphatic carbocycles. The Hall–Kier alpha value is -3.98. The van der Waals surface area contributed by atoms with Crippen LogP contribution in [0.1, 0.15) is 29.8 Å². The van der Waals surface area contributed by atoms with Crippen LogP contribution >= 0.6 is 0 Å². The van der Waals surface area contributed by atoms with Crippen LogP contribution in [-0.4, -0.2) is 57.2 Å². The van der Waals surface area contributed by atoms with E-state index in [1.54, 1.807) is 44.2 Å². The summed E-state index contributed by atoms with van der Waals surface area (Å²) in [5.41, 5.74) is 1.46. The van der Waals surface area contributed by atoms with E-state index in [-0.39, 0.29) is 17.9 Å². The summed E-state index contributed by atoms with van der Waals surface area (Å²) in [6.07, 6.45) is -2.78. The second-order valence-electron chi connectivity index (χ2n) is 7.86. The van der Waals surface area contributed by atoms with E-state index in [1.807, 2.05) is 18.2 Å². The van der Waals surface area contributed by atoms with E-state index in [0.717, 1.165) is 15.4 Å². The van der Waals surface area contributed by atoms with Crippen molar-refractivity contribution in [1.29, 1.82) is 0 Å². The van der Waals surface area contributed by atoms with Crippen molar-refractivity contribution < 1.29 is 33.8 Å². The number of hydrogen-bond donors (Lipinski definition) is 1. The zero-order chi connectivity index (χ0) is 23.7. The number of β-lactam (4-membered cyclic amide) rings is 1. The molecule has 2 aromatic carbocycles. The highest BCUT2D eigenvalue weighted by molar-refractivity contribution is 6.05. The van der Waals surface area contributed by atoms with Crippen molar-refractivity contribution in [3.05, 3.63) is 83.1 Å². The number of esters is 1. The number of nitrogens with zero attached hydrogens (tertiary/aromatic N) is 2. The van der Waals surface area contributed by atoms with Gasteiger partial charge in [-0.15, -0.1) is 0 Å². The first kappa shape index (κ1) is 22.2. The minimum atomic E-state index is -1.67. The molecule has 33 heavy (non-hydrogen) atoms. The number of carbonyl (C=O) groups is 4. The second kappa shape index (κ2) is 8.87. The lowest BCUT2D eigenvalue weighted by Gasteiger charge is -2.43. The molecule has 170 valence electrons. The average molecular weight is 450 g/mol. The lowest BCUT2D eigenvalue weighted by atomic mass is 10.00. The van der Waals surface area contributed by atoms with Crippen molar-refractivity contribution >= 4 is 23.8 Å². The van der Waals surface area contributed by atoms with Crippen LogP contribution in [0.2, 0.25) is 0 Å². The van der Waals surface area contributed by atoms with Gasteiger partial charge in [-0.05, 0) is 37.1 Å². The number of carboxylic acid groups (broad SMARTS) is 1. The lowest BCUT2D eigenvalue weighted by molar-refractivity contribution is -0.174. The van der Waals surface area contributed by atoms with Gasteiger partial charge >= 0.3 is 11.9 Å². The summed E-state index contributed by atoms with van der Waals surface area (Å²) in [5.74, 6) is -3.41. The highest BCUT2D eigenvalue weighted by Gasteiger charge is 2.64. The Bertz CT molecular complexity index is 1130. The fraction of sp³-hybridized carbons (Fsp3) is 0.250. The van der Waals surface area contributed by atoms with Gasteiger partial charge in [0.25, 0.3) is 11.8 Å². The standard InChI is InChI=1S/C24H22N2O7/c1-14(2)17(24(31)32-13-15-9-5-3-6-10-15)25-20(28)18-21(25)33-22(23(29)30)26(18)19(27)16-11-7-4-8-12-16/h3-12,18,21-22H,13H2,1-2H3,(H,29,30). The molecule has 3 atom stereocenters. The number of carboxylic acids is 1. The maximum absolute atomic E-state index is 13.1. The molecular formula is C24H22N2O7. The van der Waals surface area contributed by atoms with E-state index in [1.165, 1.54) is 12.1 Å². The van der Waals surface area contributed by atoms with Crippen molar-refractivity contribution in [2.75, 3.05) is 0 Å². The largest absolute Gasteiger partial charge is 0.478 e. The molecule has 4 rings (SSSR count). The predicted octanol–water partition coefficient (Wildman–Crippen LogP) is 2.14. The molecule has 2 saturated heterocycles. The van der Waals surface area contributed by atoms with Crippen LogP contribution in [0, 0.1) is 0 Å². The highest BCUT2D eigenvalue weighted by atomic mass is 16.6. The molecule has 2 heterocycles. The Balaban J connectivity index is 1.57. The van der Waals surface area contributed by atoms with Crippen LogP contribution < -0.4 is 0 Å². The first-order chi connectivity index (χ1) is 15.8. The molecule has 9 nitrogen and oxygen atoms in total. The van der Waals surface area contributed by atoms with Gasteiger partial charge in [0.2, 0.25) is 6.23 Å². The second-order valence-corrected chi connectivity index (χ2v) is 7.86. The molecule has 2 aliphatic heterocycles. The van der Waals surface area contributed by atoms with Crippen molar-refractivity contribution in [3.8, 4) is 0 Å². The number of amides is 2. The molecule has 0 saturated carbocycles. The van der Waals surface area contributed by atoms with Crippen LogP contribution in [0.3, 0.4) is 0 Å². The number of allylic oxidation sites excluding steroid dienone is 1. The summed E-state index contributed by atoms with van der Waals surface area (Å²) in [7, 11) is 0. The van der Waals surface area contributed by atoms with Gasteiger partial charge in [0.1, 0.15) is 12.3 Å². The molecule has 3 unspecified atom stereocenters. The van der Waals surface area contributed by atoms with Crippen LogP contribution in [0.25, 0.3) is 0 Å². The number of benzene rings is 2. The highest BCUT2D eigenvalue weighted by Crippen LogP contribution is 2.40. The van der Waals surface area contributed by atoms with Gasteiger partial charge in [0.05, 0.1) is 0 Å². The maximum atomic E-state index is 13.1. The van der Waals surface area contributed by atoms with E-state index in [0.29, 0.717) is 5.57 Å². The van der Waals surface area contributed by atoms with E-state index in [9.17, 15) is 24.3 Å². The minimum absolute atomic E-state index is 0.00378. The number of carbonyl (C=O) groups excluding carboxylic acids is 3. The molecule has 2 fully saturated rings. The summed E-state index contributed by atoms with van der Waals surface area (Å²) in [6, 6.07) is 15.9. The molecule has 0 spiro atoms. The summed E-state index contributed by atoms with van der Waals surface area (Å²) in [6.45, 7) is 3.27. The van der Waals surface area contributed by atoms with Crippen LogP contribution in [0.15, 0.2) is 71.9 Å². The molecule has 9 heteroatoms. The van der Waals surface area contributed by atoms with Gasteiger partial charge in [0, 0.05) is 5.56 Å². The third-order valence-electron chi connectivity index (χ3n) is 5.42. The molecule has 0 bridgehead atoms. The van der Waals surface area contributed by atoms with Crippen LogP contribution in [0.4, 0.5) is 0 Å². The minimum Gasteiger partial charge on any atom is -0.478 e. The lowest BCUT2D eigenvalue weighted by Crippen LogP contribution is -2.67. The fourth-order valence-corrected chi connectivity index (χ4v) is 3.90. The number of likely N-dealkylation sites (tertiary alicyclic amines) is 1. The van der Waals surface area contributed by atoms with Crippen molar-refractivity contribution in [2.45, 2.75) is 39.0 Å². The normalized spacial score (nSPS) is 21.2. The van der Waals surface area contributed by atoms with Crippen molar-refractivity contribution in [3.63, 3.8) is 0 Å². The van der Waals surface area contributed by atoms with Gasteiger partial charge in [-0.3, -0.25) is 19.4 Å². The molecule has 0 radical (unpaired) electrons. The molecule has 0 aromatic heterocycles. The zero-order valence-electron chi connectivity index (χ0n) is 18.0.